The molecule has 0 N–H and O–H groups in total. The second-order valence-corrected chi connectivity index (χ2v) is 4.20. The smallest absolute Gasteiger partial charge is 0.161 e. The van der Waals surface area contributed by atoms with E-state index in [1.54, 1.807) is 6.07 Å². The highest BCUT2D eigenvalue weighted by Crippen LogP contribution is 2.17. The summed E-state index contributed by atoms with van der Waals surface area (Å²) in [5.41, 5.74) is 0.607. The Bertz CT molecular complexity index is 325. The largest absolute Gasteiger partial charge is 0.353 e. The van der Waals surface area contributed by atoms with Crippen LogP contribution in [0.3, 0.4) is 0 Å². The van der Waals surface area contributed by atoms with Crippen LogP contribution < -0.4 is 0 Å². The molecule has 0 unspecified atom stereocenters. The van der Waals surface area contributed by atoms with Crippen LogP contribution in [0.4, 0.5) is 4.39 Å². The molecule has 1 rings (SSSR count). The van der Waals surface area contributed by atoms with Gasteiger partial charge in [-0.05, 0) is 31.5 Å². The van der Waals surface area contributed by atoms with Gasteiger partial charge in [0.1, 0.15) is 5.82 Å². The lowest BCUT2D eigenvalue weighted by Gasteiger charge is -2.17. The van der Waals surface area contributed by atoms with Crippen LogP contribution in [0, 0.1) is 5.82 Å². The van der Waals surface area contributed by atoms with Crippen molar-refractivity contribution in [3.8, 4) is 0 Å². The lowest BCUT2D eigenvalue weighted by Crippen LogP contribution is -2.20. The minimum Gasteiger partial charge on any atom is -0.353 e. The molecule has 0 aliphatic rings. The number of ether oxygens (including phenoxy) is 2. The SMILES string of the molecule is CCOC(Cc1ccc(Br)cc1F)OCC. The summed E-state index contributed by atoms with van der Waals surface area (Å²) in [4.78, 5) is 0. The molecular formula is C12H16BrFO2. The van der Waals surface area contributed by atoms with Crippen molar-refractivity contribution >= 4 is 15.9 Å². The maximum atomic E-state index is 13.6. The number of benzene rings is 1. The Hall–Kier alpha value is -0.450. The van der Waals surface area contributed by atoms with E-state index in [0.29, 0.717) is 25.2 Å². The average molecular weight is 291 g/mol. The van der Waals surface area contributed by atoms with Crippen molar-refractivity contribution in [3.63, 3.8) is 0 Å². The second-order valence-electron chi connectivity index (χ2n) is 3.28. The lowest BCUT2D eigenvalue weighted by atomic mass is 10.1. The summed E-state index contributed by atoms with van der Waals surface area (Å²) in [7, 11) is 0. The average Bonchev–Trinajstić information content (AvgIpc) is 2.23. The first-order chi connectivity index (χ1) is 7.67. The Labute approximate surface area is 104 Å². The fraction of sp³-hybridized carbons (Fsp3) is 0.500. The van der Waals surface area contributed by atoms with E-state index in [1.165, 1.54) is 6.07 Å². The molecule has 0 heterocycles. The predicted octanol–water partition coefficient (Wildman–Crippen LogP) is 3.53. The van der Waals surface area contributed by atoms with E-state index in [9.17, 15) is 4.39 Å². The molecule has 0 saturated heterocycles. The zero-order chi connectivity index (χ0) is 12.0. The van der Waals surface area contributed by atoms with Crippen LogP contribution in [0.2, 0.25) is 0 Å². The summed E-state index contributed by atoms with van der Waals surface area (Å²) in [6.07, 6.45) is 0.0616. The summed E-state index contributed by atoms with van der Waals surface area (Å²) in [5, 5.41) is 0. The van der Waals surface area contributed by atoms with Crippen molar-refractivity contribution in [3.05, 3.63) is 34.1 Å². The van der Waals surface area contributed by atoms with E-state index in [-0.39, 0.29) is 12.1 Å². The Balaban J connectivity index is 2.68. The molecule has 4 heteroatoms. The first-order valence-corrected chi connectivity index (χ1v) is 6.13. The van der Waals surface area contributed by atoms with Crippen molar-refractivity contribution in [2.45, 2.75) is 26.6 Å². The molecule has 0 aliphatic heterocycles. The molecule has 90 valence electrons. The van der Waals surface area contributed by atoms with Gasteiger partial charge in [-0.2, -0.15) is 0 Å². The molecule has 1 aromatic rings. The van der Waals surface area contributed by atoms with E-state index in [2.05, 4.69) is 15.9 Å². The Kier molecular flexibility index (Phi) is 5.95. The maximum absolute atomic E-state index is 13.6. The van der Waals surface area contributed by atoms with Crippen LogP contribution in [0.25, 0.3) is 0 Å². The van der Waals surface area contributed by atoms with E-state index in [0.717, 1.165) is 4.47 Å². The van der Waals surface area contributed by atoms with Gasteiger partial charge in [0.05, 0.1) is 0 Å². The van der Waals surface area contributed by atoms with Crippen LogP contribution in [-0.2, 0) is 15.9 Å². The van der Waals surface area contributed by atoms with Crippen LogP contribution in [0.1, 0.15) is 19.4 Å². The summed E-state index contributed by atoms with van der Waals surface area (Å²) in [6.45, 7) is 4.90. The minimum absolute atomic E-state index is 0.237. The van der Waals surface area contributed by atoms with E-state index < -0.39 is 0 Å². The van der Waals surface area contributed by atoms with Gasteiger partial charge in [0.15, 0.2) is 6.29 Å². The lowest BCUT2D eigenvalue weighted by molar-refractivity contribution is -0.134. The number of rotatable bonds is 6. The molecule has 0 bridgehead atoms. The van der Waals surface area contributed by atoms with Gasteiger partial charge in [-0.25, -0.2) is 4.39 Å². The zero-order valence-corrected chi connectivity index (χ0v) is 11.1. The van der Waals surface area contributed by atoms with Gasteiger partial charge in [-0.3, -0.25) is 0 Å². The Morgan fingerprint density at radius 2 is 1.88 bits per heavy atom. The third kappa shape index (κ3) is 4.20. The summed E-state index contributed by atoms with van der Waals surface area (Å²) in [5.74, 6) is -0.237. The van der Waals surface area contributed by atoms with Crippen molar-refractivity contribution in [2.75, 3.05) is 13.2 Å². The molecule has 0 aliphatic carbocycles. The van der Waals surface area contributed by atoms with Gasteiger partial charge >= 0.3 is 0 Å². The molecule has 0 spiro atoms. The molecule has 0 fully saturated rings. The number of hydrogen-bond donors (Lipinski definition) is 0. The third-order valence-electron chi connectivity index (χ3n) is 2.11. The van der Waals surface area contributed by atoms with Crippen LogP contribution in [0.15, 0.2) is 22.7 Å². The van der Waals surface area contributed by atoms with Crippen molar-refractivity contribution in [1.29, 1.82) is 0 Å². The van der Waals surface area contributed by atoms with Gasteiger partial charge < -0.3 is 9.47 Å². The zero-order valence-electron chi connectivity index (χ0n) is 9.50. The Morgan fingerprint density at radius 1 is 1.25 bits per heavy atom. The van der Waals surface area contributed by atoms with E-state index in [4.69, 9.17) is 9.47 Å². The summed E-state index contributed by atoms with van der Waals surface area (Å²) in [6, 6.07) is 5.00. The van der Waals surface area contributed by atoms with Gasteiger partial charge in [0.25, 0.3) is 0 Å². The van der Waals surface area contributed by atoms with Crippen LogP contribution >= 0.6 is 15.9 Å². The molecule has 0 amide bonds. The monoisotopic (exact) mass is 290 g/mol. The topological polar surface area (TPSA) is 18.5 Å². The molecule has 0 saturated carbocycles. The first kappa shape index (κ1) is 13.6. The Morgan fingerprint density at radius 3 is 2.38 bits per heavy atom. The first-order valence-electron chi connectivity index (χ1n) is 5.34. The molecule has 0 radical (unpaired) electrons. The third-order valence-corrected chi connectivity index (χ3v) is 2.60. The number of hydrogen-bond acceptors (Lipinski definition) is 2. The molecule has 2 nitrogen and oxygen atoms in total. The van der Waals surface area contributed by atoms with Gasteiger partial charge in [-0.15, -0.1) is 0 Å². The van der Waals surface area contributed by atoms with Gasteiger partial charge in [-0.1, -0.05) is 22.0 Å². The highest BCUT2D eigenvalue weighted by atomic mass is 79.9. The molecule has 1 aromatic carbocycles. The molecule has 16 heavy (non-hydrogen) atoms. The highest BCUT2D eigenvalue weighted by Gasteiger charge is 2.12. The molecular weight excluding hydrogens is 275 g/mol. The second kappa shape index (κ2) is 6.99. The minimum atomic E-state index is -0.370. The number of halogens is 2. The maximum Gasteiger partial charge on any atom is 0.161 e. The predicted molar refractivity (Wildman–Crippen MR) is 64.8 cm³/mol. The van der Waals surface area contributed by atoms with Crippen molar-refractivity contribution in [1.82, 2.24) is 0 Å². The highest BCUT2D eigenvalue weighted by molar-refractivity contribution is 9.10. The summed E-state index contributed by atoms with van der Waals surface area (Å²) >= 11 is 3.22. The van der Waals surface area contributed by atoms with E-state index >= 15 is 0 Å². The summed E-state index contributed by atoms with van der Waals surface area (Å²) < 4.78 is 25.0. The van der Waals surface area contributed by atoms with Crippen LogP contribution in [-0.4, -0.2) is 19.5 Å². The fourth-order valence-corrected chi connectivity index (χ4v) is 1.74. The van der Waals surface area contributed by atoms with Crippen molar-refractivity contribution in [2.24, 2.45) is 0 Å². The van der Waals surface area contributed by atoms with Gasteiger partial charge in [0.2, 0.25) is 0 Å². The fourth-order valence-electron chi connectivity index (χ4n) is 1.40. The van der Waals surface area contributed by atoms with Crippen LogP contribution in [0.5, 0.6) is 0 Å². The van der Waals surface area contributed by atoms with Crippen molar-refractivity contribution < 1.29 is 13.9 Å². The normalized spacial score (nSPS) is 11.1. The van der Waals surface area contributed by atoms with E-state index in [1.807, 2.05) is 19.9 Å². The molecule has 0 aromatic heterocycles. The van der Waals surface area contributed by atoms with Gasteiger partial charge in [0, 0.05) is 24.1 Å². The standard InChI is InChI=1S/C12H16BrFO2/c1-3-15-12(16-4-2)7-9-5-6-10(13)8-11(9)14/h5-6,8,12H,3-4,7H2,1-2H3. The quantitative estimate of drug-likeness (QED) is 0.746. The molecule has 0 atom stereocenters.